The van der Waals surface area contributed by atoms with Crippen LogP contribution in [0.4, 0.5) is 0 Å². The van der Waals surface area contributed by atoms with Gasteiger partial charge in [0.25, 0.3) is 0 Å². The van der Waals surface area contributed by atoms with E-state index in [0.717, 1.165) is 0 Å². The number of aliphatic hydroxyl groups excluding tert-OH is 1. The van der Waals surface area contributed by atoms with Crippen LogP contribution in [0.1, 0.15) is 19.8 Å². The van der Waals surface area contributed by atoms with Gasteiger partial charge < -0.3 is 14.9 Å². The van der Waals surface area contributed by atoms with E-state index in [9.17, 15) is 14.7 Å². The molecule has 0 aromatic heterocycles. The van der Waals surface area contributed by atoms with E-state index in [4.69, 9.17) is 9.84 Å². The van der Waals surface area contributed by atoms with Crippen LogP contribution in [0.3, 0.4) is 0 Å². The summed E-state index contributed by atoms with van der Waals surface area (Å²) in [6, 6.07) is 0. The van der Waals surface area contributed by atoms with E-state index in [2.05, 4.69) is 0 Å². The van der Waals surface area contributed by atoms with Crippen molar-refractivity contribution in [3.05, 3.63) is 0 Å². The smallest absolute Gasteiger partial charge is 0.169 e. The van der Waals surface area contributed by atoms with E-state index in [-0.39, 0.29) is 31.8 Å². The maximum absolute atomic E-state index is 11.4. The normalized spacial score (nSPS) is 33.1. The van der Waals surface area contributed by atoms with Crippen LogP contribution < -0.4 is 0 Å². The molecule has 1 aliphatic heterocycles. The third-order valence-corrected chi connectivity index (χ3v) is 2.23. The summed E-state index contributed by atoms with van der Waals surface area (Å²) >= 11 is 0. The molecule has 1 heterocycles. The average Bonchev–Trinajstić information content (AvgIpc) is 2.09. The largest absolute Gasteiger partial charge is 0.394 e. The summed E-state index contributed by atoms with van der Waals surface area (Å²) in [5, 5.41) is 18.5. The number of carbonyl (C=O) groups is 2. The lowest BCUT2D eigenvalue weighted by Crippen LogP contribution is -2.51. The van der Waals surface area contributed by atoms with Crippen molar-refractivity contribution in [1.29, 1.82) is 0 Å². The number of rotatable bonds is 3. The van der Waals surface area contributed by atoms with Gasteiger partial charge in [-0.3, -0.25) is 9.59 Å². The minimum atomic E-state index is -1.68. The van der Waals surface area contributed by atoms with E-state index in [1.165, 1.54) is 6.92 Å². The van der Waals surface area contributed by atoms with Crippen molar-refractivity contribution >= 4 is 11.6 Å². The van der Waals surface area contributed by atoms with Crippen LogP contribution in [0.2, 0.25) is 0 Å². The molecule has 1 fully saturated rings. The molecular weight excluding hydrogens is 188 g/mol. The Morgan fingerprint density at radius 1 is 1.71 bits per heavy atom. The van der Waals surface area contributed by atoms with E-state index in [1.807, 2.05) is 0 Å². The molecule has 1 saturated heterocycles. The zero-order chi connectivity index (χ0) is 10.8. The van der Waals surface area contributed by atoms with E-state index < -0.39 is 17.5 Å². The van der Waals surface area contributed by atoms with E-state index in [1.54, 1.807) is 0 Å². The number of hydrogen-bond donors (Lipinski definition) is 2. The first kappa shape index (κ1) is 11.3. The fourth-order valence-corrected chi connectivity index (χ4v) is 1.47. The number of Topliss-reactive ketones (excluding diaryl/α,β-unsaturated/α-hetero) is 2. The third kappa shape index (κ3) is 2.37. The Hall–Kier alpha value is -0.780. The first-order valence-electron chi connectivity index (χ1n) is 4.45. The molecule has 2 unspecified atom stereocenters. The Morgan fingerprint density at radius 2 is 2.36 bits per heavy atom. The van der Waals surface area contributed by atoms with Gasteiger partial charge in [0.1, 0.15) is 5.78 Å². The Balaban J connectivity index is 2.64. The number of ketones is 2. The summed E-state index contributed by atoms with van der Waals surface area (Å²) in [6.07, 6.45) is -0.806. The molecule has 80 valence electrons. The quantitative estimate of drug-likeness (QED) is 0.616. The molecule has 0 saturated carbocycles. The molecule has 5 nitrogen and oxygen atoms in total. The number of carbonyl (C=O) groups excluding carboxylic acids is 2. The lowest BCUT2D eigenvalue weighted by atomic mass is 9.88. The maximum atomic E-state index is 11.4. The average molecular weight is 202 g/mol. The number of aliphatic hydroxyl groups is 2. The highest BCUT2D eigenvalue weighted by Gasteiger charge is 2.42. The molecule has 2 N–H and O–H groups in total. The standard InChI is InChI=1S/C9H14O5/c1-6(11)3-9(13)5-14-7(4-10)2-8(9)12/h7,10,13H,2-5H2,1H3. The molecule has 0 amide bonds. The molecule has 0 radical (unpaired) electrons. The second-order valence-corrected chi connectivity index (χ2v) is 3.65. The van der Waals surface area contributed by atoms with Crippen LogP contribution >= 0.6 is 0 Å². The highest BCUT2D eigenvalue weighted by Crippen LogP contribution is 2.22. The van der Waals surface area contributed by atoms with Crippen molar-refractivity contribution in [2.45, 2.75) is 31.5 Å². The third-order valence-electron chi connectivity index (χ3n) is 2.23. The topological polar surface area (TPSA) is 83.8 Å². The van der Waals surface area contributed by atoms with E-state index in [0.29, 0.717) is 0 Å². The van der Waals surface area contributed by atoms with Gasteiger partial charge in [0.05, 0.1) is 19.3 Å². The molecule has 0 aromatic rings. The Labute approximate surface area is 81.7 Å². The van der Waals surface area contributed by atoms with Crippen molar-refractivity contribution in [1.82, 2.24) is 0 Å². The molecule has 2 atom stereocenters. The van der Waals surface area contributed by atoms with Crippen molar-refractivity contribution in [3.8, 4) is 0 Å². The van der Waals surface area contributed by atoms with Crippen molar-refractivity contribution in [2.24, 2.45) is 0 Å². The van der Waals surface area contributed by atoms with Gasteiger partial charge in [-0.05, 0) is 6.92 Å². The van der Waals surface area contributed by atoms with Gasteiger partial charge in [-0.25, -0.2) is 0 Å². The predicted molar refractivity (Wildman–Crippen MR) is 46.7 cm³/mol. The summed E-state index contributed by atoms with van der Waals surface area (Å²) in [7, 11) is 0. The highest BCUT2D eigenvalue weighted by molar-refractivity contribution is 5.93. The van der Waals surface area contributed by atoms with Gasteiger partial charge in [0, 0.05) is 12.8 Å². The number of ether oxygens (including phenoxy) is 1. The Morgan fingerprint density at radius 3 is 2.79 bits per heavy atom. The van der Waals surface area contributed by atoms with Crippen LogP contribution in [0.15, 0.2) is 0 Å². The van der Waals surface area contributed by atoms with Gasteiger partial charge in [0.15, 0.2) is 11.4 Å². The molecule has 5 heteroatoms. The van der Waals surface area contributed by atoms with Crippen molar-refractivity contribution in [3.63, 3.8) is 0 Å². The molecule has 0 spiro atoms. The lowest BCUT2D eigenvalue weighted by Gasteiger charge is -2.33. The molecular formula is C9H14O5. The van der Waals surface area contributed by atoms with Crippen molar-refractivity contribution in [2.75, 3.05) is 13.2 Å². The van der Waals surface area contributed by atoms with Gasteiger partial charge >= 0.3 is 0 Å². The molecule has 0 aliphatic carbocycles. The first-order valence-corrected chi connectivity index (χ1v) is 4.45. The first-order chi connectivity index (χ1) is 6.48. The highest BCUT2D eigenvalue weighted by atomic mass is 16.5. The maximum Gasteiger partial charge on any atom is 0.169 e. The van der Waals surface area contributed by atoms with Crippen LogP contribution in [-0.4, -0.2) is 46.7 Å². The molecule has 14 heavy (non-hydrogen) atoms. The van der Waals surface area contributed by atoms with Gasteiger partial charge in [0.2, 0.25) is 0 Å². The monoisotopic (exact) mass is 202 g/mol. The van der Waals surface area contributed by atoms with Crippen LogP contribution in [0.5, 0.6) is 0 Å². The predicted octanol–water partition coefficient (Wildman–Crippen LogP) is -0.953. The zero-order valence-corrected chi connectivity index (χ0v) is 8.02. The number of hydrogen-bond acceptors (Lipinski definition) is 5. The summed E-state index contributed by atoms with van der Waals surface area (Å²) in [6.45, 7) is 0.849. The minimum Gasteiger partial charge on any atom is -0.394 e. The summed E-state index contributed by atoms with van der Waals surface area (Å²) in [4.78, 5) is 22.2. The summed E-state index contributed by atoms with van der Waals surface area (Å²) < 4.78 is 5.04. The molecule has 1 rings (SSSR count). The molecule has 0 aromatic carbocycles. The summed E-state index contributed by atoms with van der Waals surface area (Å²) in [5.41, 5.74) is -1.68. The second-order valence-electron chi connectivity index (χ2n) is 3.65. The second kappa shape index (κ2) is 4.16. The van der Waals surface area contributed by atoms with Crippen LogP contribution in [0, 0.1) is 0 Å². The zero-order valence-electron chi connectivity index (χ0n) is 8.02. The van der Waals surface area contributed by atoms with Crippen molar-refractivity contribution < 1.29 is 24.5 Å². The Kier molecular flexibility index (Phi) is 3.36. The molecule has 1 aliphatic rings. The fourth-order valence-electron chi connectivity index (χ4n) is 1.47. The fraction of sp³-hybridized carbons (Fsp3) is 0.778. The Bertz CT molecular complexity index is 250. The lowest BCUT2D eigenvalue weighted by molar-refractivity contribution is -0.168. The van der Waals surface area contributed by atoms with Gasteiger partial charge in [-0.15, -0.1) is 0 Å². The van der Waals surface area contributed by atoms with E-state index >= 15 is 0 Å². The SMILES string of the molecule is CC(=O)CC1(O)COC(CO)CC1=O. The van der Waals surface area contributed by atoms with Crippen LogP contribution in [-0.2, 0) is 14.3 Å². The van der Waals surface area contributed by atoms with Gasteiger partial charge in [-0.1, -0.05) is 0 Å². The van der Waals surface area contributed by atoms with Gasteiger partial charge in [-0.2, -0.15) is 0 Å². The minimum absolute atomic E-state index is 0.0414. The van der Waals surface area contributed by atoms with Crippen LogP contribution in [0.25, 0.3) is 0 Å². The summed E-state index contributed by atoms with van der Waals surface area (Å²) in [5.74, 6) is -0.690. The molecule has 0 bridgehead atoms.